The SMILES string of the molecule is CCCCOCN1C(=O)N(COCCCC)C(OCCCC)C1OCCCC. The quantitative estimate of drug-likeness (QED) is 0.315. The molecule has 1 fully saturated rings. The average Bonchev–Trinajstić information content (AvgIpc) is 2.94. The maximum atomic E-state index is 13.1. The highest BCUT2D eigenvalue weighted by Crippen LogP contribution is 2.26. The van der Waals surface area contributed by atoms with Crippen LogP contribution < -0.4 is 0 Å². The fourth-order valence-electron chi connectivity index (χ4n) is 2.81. The van der Waals surface area contributed by atoms with E-state index >= 15 is 0 Å². The van der Waals surface area contributed by atoms with Gasteiger partial charge in [-0.1, -0.05) is 53.4 Å². The standard InChI is InChI=1S/C21H42N2O5/c1-5-9-13-25-17-22-19(27-15-11-7-3)20(28-16-12-8-4)23(21(22)24)18-26-14-10-6-2/h19-20H,5-18H2,1-4H3. The minimum absolute atomic E-state index is 0.143. The van der Waals surface area contributed by atoms with Gasteiger partial charge in [0, 0.05) is 26.4 Å². The van der Waals surface area contributed by atoms with E-state index < -0.39 is 12.5 Å². The maximum absolute atomic E-state index is 13.1. The Balaban J connectivity index is 2.81. The Morgan fingerprint density at radius 3 is 1.36 bits per heavy atom. The van der Waals surface area contributed by atoms with Crippen molar-refractivity contribution in [2.75, 3.05) is 39.9 Å². The summed E-state index contributed by atoms with van der Waals surface area (Å²) in [5.74, 6) is 0. The Hall–Kier alpha value is -0.890. The van der Waals surface area contributed by atoms with Crippen molar-refractivity contribution >= 4 is 6.03 Å². The number of carbonyl (C=O) groups is 1. The van der Waals surface area contributed by atoms with E-state index in [0.29, 0.717) is 26.4 Å². The number of ether oxygens (including phenoxy) is 4. The lowest BCUT2D eigenvalue weighted by Gasteiger charge is -2.28. The number of carbonyl (C=O) groups excluding carboxylic acids is 1. The summed E-state index contributed by atoms with van der Waals surface area (Å²) in [7, 11) is 0. The number of hydrogen-bond acceptors (Lipinski definition) is 5. The highest BCUT2D eigenvalue weighted by molar-refractivity contribution is 5.77. The van der Waals surface area contributed by atoms with Gasteiger partial charge in [0.25, 0.3) is 0 Å². The first-order chi connectivity index (χ1) is 13.7. The second-order valence-corrected chi connectivity index (χ2v) is 7.23. The Kier molecular flexibility index (Phi) is 14.3. The zero-order chi connectivity index (χ0) is 20.6. The van der Waals surface area contributed by atoms with E-state index in [-0.39, 0.29) is 19.5 Å². The van der Waals surface area contributed by atoms with E-state index in [0.717, 1.165) is 51.4 Å². The second kappa shape index (κ2) is 16.0. The van der Waals surface area contributed by atoms with Crippen LogP contribution in [0.2, 0.25) is 0 Å². The molecule has 1 heterocycles. The van der Waals surface area contributed by atoms with Crippen LogP contribution in [0.5, 0.6) is 0 Å². The van der Waals surface area contributed by atoms with Gasteiger partial charge in [0.15, 0.2) is 12.5 Å². The van der Waals surface area contributed by atoms with Gasteiger partial charge in [-0.05, 0) is 25.7 Å². The smallest absolute Gasteiger partial charge is 0.328 e. The molecule has 0 N–H and O–H groups in total. The molecule has 1 saturated heterocycles. The normalized spacial score (nSPS) is 19.8. The molecule has 166 valence electrons. The van der Waals surface area contributed by atoms with Gasteiger partial charge in [0.2, 0.25) is 0 Å². The van der Waals surface area contributed by atoms with Crippen LogP contribution in [-0.2, 0) is 18.9 Å². The second-order valence-electron chi connectivity index (χ2n) is 7.23. The summed E-state index contributed by atoms with van der Waals surface area (Å²) in [6, 6.07) is -0.143. The van der Waals surface area contributed by atoms with E-state index in [9.17, 15) is 4.79 Å². The number of hydrogen-bond donors (Lipinski definition) is 0. The molecule has 0 saturated carbocycles. The molecule has 0 aromatic rings. The zero-order valence-electron chi connectivity index (χ0n) is 18.5. The fraction of sp³-hybridized carbons (Fsp3) is 0.952. The number of nitrogens with zero attached hydrogens (tertiary/aromatic N) is 2. The van der Waals surface area contributed by atoms with Crippen molar-refractivity contribution in [2.45, 2.75) is 91.5 Å². The molecule has 0 aromatic heterocycles. The van der Waals surface area contributed by atoms with Crippen LogP contribution in [0.4, 0.5) is 4.79 Å². The number of urea groups is 1. The Morgan fingerprint density at radius 2 is 1.00 bits per heavy atom. The van der Waals surface area contributed by atoms with Crippen molar-refractivity contribution in [1.82, 2.24) is 9.80 Å². The summed E-state index contributed by atoms with van der Waals surface area (Å²) in [5.41, 5.74) is 0. The molecule has 7 heteroatoms. The van der Waals surface area contributed by atoms with Crippen LogP contribution in [0.15, 0.2) is 0 Å². The third-order valence-electron chi connectivity index (χ3n) is 4.67. The van der Waals surface area contributed by atoms with Gasteiger partial charge in [0.1, 0.15) is 13.5 Å². The summed E-state index contributed by atoms with van der Waals surface area (Å²) < 4.78 is 23.6. The zero-order valence-corrected chi connectivity index (χ0v) is 18.5. The molecule has 2 atom stereocenters. The van der Waals surface area contributed by atoms with Crippen LogP contribution in [-0.4, -0.2) is 68.2 Å². The van der Waals surface area contributed by atoms with Gasteiger partial charge in [0.05, 0.1) is 0 Å². The summed E-state index contributed by atoms with van der Waals surface area (Å²) in [4.78, 5) is 16.3. The van der Waals surface area contributed by atoms with Crippen molar-refractivity contribution in [3.05, 3.63) is 0 Å². The molecule has 0 aromatic carbocycles. The molecular weight excluding hydrogens is 360 g/mol. The molecule has 0 radical (unpaired) electrons. The van der Waals surface area contributed by atoms with E-state index in [4.69, 9.17) is 18.9 Å². The maximum Gasteiger partial charge on any atom is 0.328 e. The van der Waals surface area contributed by atoms with Gasteiger partial charge in [-0.3, -0.25) is 9.80 Å². The summed E-state index contributed by atoms with van der Waals surface area (Å²) in [6.45, 7) is 11.4. The largest absolute Gasteiger partial charge is 0.361 e. The summed E-state index contributed by atoms with van der Waals surface area (Å²) in [6.07, 6.45) is 7.12. The van der Waals surface area contributed by atoms with Crippen molar-refractivity contribution in [2.24, 2.45) is 0 Å². The van der Waals surface area contributed by atoms with Crippen molar-refractivity contribution in [1.29, 1.82) is 0 Å². The highest BCUT2D eigenvalue weighted by Gasteiger charge is 2.47. The third kappa shape index (κ3) is 8.64. The van der Waals surface area contributed by atoms with Crippen LogP contribution in [0.1, 0.15) is 79.1 Å². The van der Waals surface area contributed by atoms with Crippen molar-refractivity contribution in [3.63, 3.8) is 0 Å². The van der Waals surface area contributed by atoms with Crippen molar-refractivity contribution < 1.29 is 23.7 Å². The highest BCUT2D eigenvalue weighted by atomic mass is 16.6. The molecule has 0 aliphatic carbocycles. The van der Waals surface area contributed by atoms with E-state index in [1.165, 1.54) is 0 Å². The molecule has 7 nitrogen and oxygen atoms in total. The van der Waals surface area contributed by atoms with Gasteiger partial charge in [-0.2, -0.15) is 0 Å². The number of unbranched alkanes of at least 4 members (excludes halogenated alkanes) is 4. The monoisotopic (exact) mass is 402 g/mol. The Labute approximate surface area is 171 Å². The lowest BCUT2D eigenvalue weighted by Crippen LogP contribution is -2.43. The number of amides is 2. The first-order valence-electron chi connectivity index (χ1n) is 11.2. The average molecular weight is 403 g/mol. The van der Waals surface area contributed by atoms with E-state index in [1.807, 2.05) is 0 Å². The fourth-order valence-corrected chi connectivity index (χ4v) is 2.81. The molecular formula is C21H42N2O5. The van der Waals surface area contributed by atoms with Crippen LogP contribution in [0, 0.1) is 0 Å². The number of rotatable bonds is 18. The van der Waals surface area contributed by atoms with Crippen LogP contribution in [0.3, 0.4) is 0 Å². The Bertz CT molecular complexity index is 363. The molecule has 0 bridgehead atoms. The minimum Gasteiger partial charge on any atom is -0.361 e. The van der Waals surface area contributed by atoms with Gasteiger partial charge < -0.3 is 18.9 Å². The Morgan fingerprint density at radius 1 is 0.643 bits per heavy atom. The van der Waals surface area contributed by atoms with Gasteiger partial charge in [-0.25, -0.2) is 4.79 Å². The molecule has 28 heavy (non-hydrogen) atoms. The minimum atomic E-state index is -0.465. The predicted octanol–water partition coefficient (Wildman–Crippen LogP) is 4.56. The van der Waals surface area contributed by atoms with Crippen molar-refractivity contribution in [3.8, 4) is 0 Å². The predicted molar refractivity (Wildman–Crippen MR) is 110 cm³/mol. The van der Waals surface area contributed by atoms with Crippen LogP contribution in [0.25, 0.3) is 0 Å². The van der Waals surface area contributed by atoms with E-state index in [1.54, 1.807) is 9.80 Å². The van der Waals surface area contributed by atoms with E-state index in [2.05, 4.69) is 27.7 Å². The van der Waals surface area contributed by atoms with Crippen LogP contribution >= 0.6 is 0 Å². The third-order valence-corrected chi connectivity index (χ3v) is 4.67. The summed E-state index contributed by atoms with van der Waals surface area (Å²) >= 11 is 0. The van der Waals surface area contributed by atoms with Gasteiger partial charge >= 0.3 is 6.03 Å². The molecule has 1 aliphatic rings. The van der Waals surface area contributed by atoms with Gasteiger partial charge in [-0.15, -0.1) is 0 Å². The first kappa shape index (κ1) is 25.1. The molecule has 2 unspecified atom stereocenters. The molecule has 2 amide bonds. The first-order valence-corrected chi connectivity index (χ1v) is 11.2. The topological polar surface area (TPSA) is 60.5 Å². The molecule has 0 spiro atoms. The molecule has 1 rings (SSSR count). The molecule has 1 aliphatic heterocycles. The lowest BCUT2D eigenvalue weighted by atomic mass is 10.3. The lowest BCUT2D eigenvalue weighted by molar-refractivity contribution is -0.161. The summed E-state index contributed by atoms with van der Waals surface area (Å²) in [5, 5.41) is 0.